The number of nitrogens with one attached hydrogen (secondary N) is 1. The fourth-order valence-electron chi connectivity index (χ4n) is 1.73. The van der Waals surface area contributed by atoms with E-state index in [1.54, 1.807) is 23.1 Å². The second kappa shape index (κ2) is 8.12. The summed E-state index contributed by atoms with van der Waals surface area (Å²) in [5.74, 6) is -0.181. The lowest BCUT2D eigenvalue weighted by Crippen LogP contribution is -2.32. The summed E-state index contributed by atoms with van der Waals surface area (Å²) in [5.41, 5.74) is 0.592. The van der Waals surface area contributed by atoms with Gasteiger partial charge in [0.1, 0.15) is 0 Å². The van der Waals surface area contributed by atoms with Gasteiger partial charge in [-0.3, -0.25) is 9.59 Å². The van der Waals surface area contributed by atoms with Gasteiger partial charge in [0.25, 0.3) is 0 Å². The normalized spacial score (nSPS) is 10.2. The summed E-state index contributed by atoms with van der Waals surface area (Å²) in [4.78, 5) is 24.8. The van der Waals surface area contributed by atoms with Gasteiger partial charge in [0, 0.05) is 32.1 Å². The molecular formula is C14H18Cl2N2O2. The summed E-state index contributed by atoms with van der Waals surface area (Å²) in [6.45, 7) is 4.57. The first-order chi connectivity index (χ1) is 9.43. The maximum Gasteiger partial charge on any atom is 0.226 e. The van der Waals surface area contributed by atoms with Crippen LogP contribution in [0.25, 0.3) is 0 Å². The number of benzene rings is 1. The van der Waals surface area contributed by atoms with Crippen LogP contribution in [0, 0.1) is 0 Å². The lowest BCUT2D eigenvalue weighted by molar-refractivity contribution is -0.129. The van der Waals surface area contributed by atoms with Crippen molar-refractivity contribution in [3.05, 3.63) is 28.2 Å². The highest BCUT2D eigenvalue weighted by Gasteiger charge is 2.10. The third-order valence-electron chi connectivity index (χ3n) is 2.75. The molecule has 1 aromatic carbocycles. The molecule has 0 fully saturated rings. The fraction of sp³-hybridized carbons (Fsp3) is 0.429. The van der Waals surface area contributed by atoms with Crippen LogP contribution in [-0.4, -0.2) is 29.8 Å². The van der Waals surface area contributed by atoms with E-state index in [0.717, 1.165) is 6.42 Å². The molecular weight excluding hydrogens is 299 g/mol. The maximum atomic E-state index is 11.8. The van der Waals surface area contributed by atoms with Gasteiger partial charge >= 0.3 is 0 Å². The van der Waals surface area contributed by atoms with Gasteiger partial charge in [0.2, 0.25) is 11.8 Å². The molecule has 0 spiro atoms. The van der Waals surface area contributed by atoms with Crippen molar-refractivity contribution in [2.75, 3.05) is 18.4 Å². The molecule has 4 nitrogen and oxygen atoms in total. The zero-order valence-corrected chi connectivity index (χ0v) is 13.1. The molecule has 0 atom stereocenters. The molecule has 0 saturated heterocycles. The lowest BCUT2D eigenvalue weighted by Gasteiger charge is -2.19. The average molecular weight is 317 g/mol. The molecule has 110 valence electrons. The molecule has 0 saturated carbocycles. The second-order valence-corrected chi connectivity index (χ2v) is 5.25. The minimum absolute atomic E-state index is 0.0193. The highest BCUT2D eigenvalue weighted by molar-refractivity contribution is 6.42. The summed E-state index contributed by atoms with van der Waals surface area (Å²) in [7, 11) is 0. The number of rotatable bonds is 6. The van der Waals surface area contributed by atoms with Crippen LogP contribution in [-0.2, 0) is 9.59 Å². The van der Waals surface area contributed by atoms with E-state index in [0.29, 0.717) is 28.8 Å². The Morgan fingerprint density at radius 1 is 1.20 bits per heavy atom. The molecule has 1 aromatic rings. The van der Waals surface area contributed by atoms with Crippen LogP contribution in [0.5, 0.6) is 0 Å². The zero-order chi connectivity index (χ0) is 15.1. The molecule has 0 radical (unpaired) electrons. The standard InChI is InChI=1S/C14H18Cl2N2O2/c1-3-7-18(10(2)19)8-6-14(20)17-11-4-5-12(15)13(16)9-11/h4-5,9H,3,6-8H2,1-2H3,(H,17,20). The largest absolute Gasteiger partial charge is 0.342 e. The van der Waals surface area contributed by atoms with Crippen molar-refractivity contribution in [1.29, 1.82) is 0 Å². The Kier molecular flexibility index (Phi) is 6.82. The van der Waals surface area contributed by atoms with E-state index in [-0.39, 0.29) is 18.2 Å². The molecule has 6 heteroatoms. The first-order valence-corrected chi connectivity index (χ1v) is 7.20. The molecule has 2 amide bonds. The van der Waals surface area contributed by atoms with Crippen molar-refractivity contribution in [2.45, 2.75) is 26.7 Å². The molecule has 1 N–H and O–H groups in total. The third kappa shape index (κ3) is 5.39. The van der Waals surface area contributed by atoms with Gasteiger partial charge in [-0.1, -0.05) is 30.1 Å². The van der Waals surface area contributed by atoms with E-state index in [9.17, 15) is 9.59 Å². The van der Waals surface area contributed by atoms with Gasteiger partial charge in [0.05, 0.1) is 10.0 Å². The number of carbonyl (C=O) groups excluding carboxylic acids is 2. The van der Waals surface area contributed by atoms with Gasteiger partial charge in [-0.25, -0.2) is 0 Å². The summed E-state index contributed by atoms with van der Waals surface area (Å²) < 4.78 is 0. The van der Waals surface area contributed by atoms with E-state index in [1.807, 2.05) is 6.92 Å². The first kappa shape index (κ1) is 16.8. The molecule has 20 heavy (non-hydrogen) atoms. The fourth-order valence-corrected chi connectivity index (χ4v) is 2.03. The average Bonchev–Trinajstić information content (AvgIpc) is 2.38. The van der Waals surface area contributed by atoms with Crippen LogP contribution in [0.4, 0.5) is 5.69 Å². The van der Waals surface area contributed by atoms with Crippen LogP contribution in [0.1, 0.15) is 26.7 Å². The van der Waals surface area contributed by atoms with E-state index in [1.165, 1.54) is 6.92 Å². The Morgan fingerprint density at radius 2 is 1.90 bits per heavy atom. The maximum absolute atomic E-state index is 11.8. The Morgan fingerprint density at radius 3 is 2.45 bits per heavy atom. The van der Waals surface area contributed by atoms with Gasteiger partial charge in [-0.2, -0.15) is 0 Å². The van der Waals surface area contributed by atoms with Crippen LogP contribution in [0.15, 0.2) is 18.2 Å². The van der Waals surface area contributed by atoms with E-state index in [4.69, 9.17) is 23.2 Å². The predicted molar refractivity (Wildman–Crippen MR) is 82.3 cm³/mol. The topological polar surface area (TPSA) is 49.4 Å². The SMILES string of the molecule is CCCN(CCC(=O)Nc1ccc(Cl)c(Cl)c1)C(C)=O. The summed E-state index contributed by atoms with van der Waals surface area (Å²) in [6, 6.07) is 4.90. The predicted octanol–water partition coefficient (Wildman–Crippen LogP) is 3.58. The minimum Gasteiger partial charge on any atom is -0.342 e. The van der Waals surface area contributed by atoms with Crippen LogP contribution >= 0.6 is 23.2 Å². The van der Waals surface area contributed by atoms with Crippen molar-refractivity contribution in [2.24, 2.45) is 0 Å². The zero-order valence-electron chi connectivity index (χ0n) is 11.6. The molecule has 1 rings (SSSR count). The number of hydrogen-bond donors (Lipinski definition) is 1. The van der Waals surface area contributed by atoms with Crippen molar-refractivity contribution in [3.63, 3.8) is 0 Å². The number of nitrogens with zero attached hydrogens (tertiary/aromatic N) is 1. The smallest absolute Gasteiger partial charge is 0.226 e. The number of anilines is 1. The molecule has 0 bridgehead atoms. The number of carbonyl (C=O) groups is 2. The monoisotopic (exact) mass is 316 g/mol. The number of hydrogen-bond acceptors (Lipinski definition) is 2. The molecule has 0 aliphatic rings. The summed E-state index contributed by atoms with van der Waals surface area (Å²) in [5, 5.41) is 3.56. The third-order valence-corrected chi connectivity index (χ3v) is 3.49. The van der Waals surface area contributed by atoms with Crippen LogP contribution in [0.3, 0.4) is 0 Å². The quantitative estimate of drug-likeness (QED) is 0.872. The number of halogens is 2. The lowest BCUT2D eigenvalue weighted by atomic mass is 10.3. The highest BCUT2D eigenvalue weighted by atomic mass is 35.5. The Labute approximate surface area is 129 Å². The minimum atomic E-state index is -0.161. The van der Waals surface area contributed by atoms with Gasteiger partial charge < -0.3 is 10.2 Å². The molecule has 0 heterocycles. The van der Waals surface area contributed by atoms with Gasteiger partial charge in [0.15, 0.2) is 0 Å². The molecule has 0 aliphatic carbocycles. The van der Waals surface area contributed by atoms with Crippen LogP contribution < -0.4 is 5.32 Å². The molecule has 0 aliphatic heterocycles. The van der Waals surface area contributed by atoms with Crippen molar-refractivity contribution < 1.29 is 9.59 Å². The summed E-state index contributed by atoms with van der Waals surface area (Å²) >= 11 is 11.7. The van der Waals surface area contributed by atoms with E-state index in [2.05, 4.69) is 5.32 Å². The van der Waals surface area contributed by atoms with Crippen molar-refractivity contribution >= 4 is 40.7 Å². The highest BCUT2D eigenvalue weighted by Crippen LogP contribution is 2.25. The van der Waals surface area contributed by atoms with Crippen molar-refractivity contribution in [3.8, 4) is 0 Å². The van der Waals surface area contributed by atoms with Crippen LogP contribution in [0.2, 0.25) is 10.0 Å². The number of amides is 2. The summed E-state index contributed by atoms with van der Waals surface area (Å²) in [6.07, 6.45) is 1.12. The Hall–Kier alpha value is -1.26. The molecule has 0 aromatic heterocycles. The molecule has 0 unspecified atom stereocenters. The Balaban J connectivity index is 2.50. The second-order valence-electron chi connectivity index (χ2n) is 4.43. The van der Waals surface area contributed by atoms with E-state index >= 15 is 0 Å². The van der Waals surface area contributed by atoms with Gasteiger partial charge in [-0.05, 0) is 24.6 Å². The van der Waals surface area contributed by atoms with Crippen molar-refractivity contribution in [1.82, 2.24) is 4.90 Å². The Bertz CT molecular complexity index is 492. The van der Waals surface area contributed by atoms with Gasteiger partial charge in [-0.15, -0.1) is 0 Å². The first-order valence-electron chi connectivity index (χ1n) is 6.44. The van der Waals surface area contributed by atoms with E-state index < -0.39 is 0 Å².